The Hall–Kier alpha value is 0.209. The Bertz CT molecular complexity index is 272. The molecule has 0 radical (unpaired) electrons. The fourth-order valence-electron chi connectivity index (χ4n) is 2.54. The Kier molecular flexibility index (Phi) is 2.33. The predicted molar refractivity (Wildman–Crippen MR) is 57.3 cm³/mol. The molecule has 0 saturated heterocycles. The third kappa shape index (κ3) is 1.85. The first-order chi connectivity index (χ1) is 5.97. The molecule has 13 heavy (non-hydrogen) atoms. The number of ketones is 1. The summed E-state index contributed by atoms with van der Waals surface area (Å²) in [5, 5.41) is 0. The van der Waals surface area contributed by atoms with Crippen molar-refractivity contribution in [2.45, 2.75) is 34.1 Å². The van der Waals surface area contributed by atoms with Gasteiger partial charge < -0.3 is 0 Å². The van der Waals surface area contributed by atoms with Gasteiger partial charge in [0.2, 0.25) is 0 Å². The summed E-state index contributed by atoms with van der Waals surface area (Å²) in [6, 6.07) is 0. The van der Waals surface area contributed by atoms with Gasteiger partial charge in [0.1, 0.15) is 0 Å². The van der Waals surface area contributed by atoms with E-state index in [9.17, 15) is 4.79 Å². The first kappa shape index (κ1) is 9.75. The van der Waals surface area contributed by atoms with Crippen LogP contribution in [0, 0.1) is 11.8 Å². The number of allylic oxidation sites excluding steroid dienone is 2. The van der Waals surface area contributed by atoms with Crippen LogP contribution in [0.4, 0.5) is 0 Å². The minimum absolute atomic E-state index is 0.495. The molecule has 2 rings (SSSR count). The monoisotopic (exact) mass is 286 g/mol. The summed E-state index contributed by atoms with van der Waals surface area (Å²) in [5.41, 5.74) is 0. The fourth-order valence-corrected chi connectivity index (χ4v) is 7.07. The van der Waals surface area contributed by atoms with Crippen LogP contribution in [-0.4, -0.2) is 24.2 Å². The third-order valence-electron chi connectivity index (χ3n) is 3.42. The summed E-state index contributed by atoms with van der Waals surface area (Å²) in [5.74, 6) is 1.84. The number of carbonyl (C=O) groups excluding carboxylic acids is 1. The Morgan fingerprint density at radius 3 is 2.46 bits per heavy atom. The van der Waals surface area contributed by atoms with Gasteiger partial charge in [-0.1, -0.05) is 0 Å². The molecule has 0 N–H and O–H groups in total. The van der Waals surface area contributed by atoms with E-state index >= 15 is 0 Å². The summed E-state index contributed by atoms with van der Waals surface area (Å²) in [6.45, 7) is 0. The van der Waals surface area contributed by atoms with Crippen LogP contribution in [0.1, 0.15) is 19.3 Å². The molecule has 2 heteroatoms. The number of fused-ring (bicyclic) bond motifs is 1. The Morgan fingerprint density at radius 2 is 1.92 bits per heavy atom. The summed E-state index contributed by atoms with van der Waals surface area (Å²) in [7, 11) is 0. The molecule has 2 aliphatic rings. The van der Waals surface area contributed by atoms with Crippen molar-refractivity contribution < 1.29 is 4.79 Å². The van der Waals surface area contributed by atoms with Crippen LogP contribution in [0.15, 0.2) is 9.67 Å². The first-order valence-corrected chi connectivity index (χ1v) is 15.2. The molecule has 0 aromatic heterocycles. The molecule has 0 aromatic carbocycles. The molecule has 1 fully saturated rings. The van der Waals surface area contributed by atoms with Crippen molar-refractivity contribution in [3.63, 3.8) is 0 Å². The van der Waals surface area contributed by atoms with E-state index < -0.39 is 18.4 Å². The van der Waals surface area contributed by atoms with Crippen molar-refractivity contribution in [3.8, 4) is 0 Å². The fraction of sp³-hybridized carbons (Fsp3) is 0.727. The molecule has 0 amide bonds. The summed E-state index contributed by atoms with van der Waals surface area (Å²) >= 11 is -1.77. The van der Waals surface area contributed by atoms with E-state index in [1.807, 2.05) is 0 Å². The molecule has 0 aliphatic heterocycles. The zero-order valence-corrected chi connectivity index (χ0v) is 11.6. The van der Waals surface area contributed by atoms with E-state index in [2.05, 4.69) is 20.9 Å². The molecule has 1 saturated carbocycles. The molecule has 72 valence electrons. The van der Waals surface area contributed by atoms with Crippen molar-refractivity contribution in [2.75, 3.05) is 0 Å². The van der Waals surface area contributed by atoms with Crippen molar-refractivity contribution in [3.05, 3.63) is 9.67 Å². The van der Waals surface area contributed by atoms with Gasteiger partial charge in [-0.3, -0.25) is 0 Å². The minimum atomic E-state index is -1.77. The second kappa shape index (κ2) is 3.11. The molecule has 0 heterocycles. The Morgan fingerprint density at radius 1 is 1.23 bits per heavy atom. The Balaban J connectivity index is 2.14. The molecule has 0 bridgehead atoms. The first-order valence-electron chi connectivity index (χ1n) is 5.19. The number of rotatable bonds is 1. The summed E-state index contributed by atoms with van der Waals surface area (Å²) in [6.07, 6.45) is 5.43. The summed E-state index contributed by atoms with van der Waals surface area (Å²) < 4.78 is 1.77. The van der Waals surface area contributed by atoms with Gasteiger partial charge >= 0.3 is 84.5 Å². The number of Topliss-reactive ketones (excluding diaryl/α,β-unsaturated/α-hetero) is 1. The van der Waals surface area contributed by atoms with E-state index in [0.717, 1.165) is 12.8 Å². The van der Waals surface area contributed by atoms with Crippen LogP contribution in [-0.2, 0) is 4.79 Å². The van der Waals surface area contributed by atoms with E-state index in [4.69, 9.17) is 0 Å². The average Bonchev–Trinajstić information content (AvgIpc) is 2.40. The molecule has 2 aliphatic carbocycles. The SMILES string of the molecule is [CH3][Sn]([CH3])([CH3])[C]1=CC2CC(=O)CC2C1. The van der Waals surface area contributed by atoms with Gasteiger partial charge in [-0.15, -0.1) is 0 Å². The van der Waals surface area contributed by atoms with Gasteiger partial charge in [0.05, 0.1) is 0 Å². The number of hydrogen-bond donors (Lipinski definition) is 0. The summed E-state index contributed by atoms with van der Waals surface area (Å²) in [4.78, 5) is 18.6. The topological polar surface area (TPSA) is 17.1 Å². The molecule has 0 aromatic rings. The molecular weight excluding hydrogens is 267 g/mol. The second-order valence-electron chi connectivity index (χ2n) is 5.52. The van der Waals surface area contributed by atoms with Crippen molar-refractivity contribution in [2.24, 2.45) is 11.8 Å². The zero-order chi connectivity index (χ0) is 9.64. The Labute approximate surface area is 84.5 Å². The van der Waals surface area contributed by atoms with Gasteiger partial charge in [0, 0.05) is 0 Å². The molecule has 2 atom stereocenters. The van der Waals surface area contributed by atoms with Crippen molar-refractivity contribution in [1.29, 1.82) is 0 Å². The predicted octanol–water partition coefficient (Wildman–Crippen LogP) is 2.79. The van der Waals surface area contributed by atoms with Crippen LogP contribution in [0.25, 0.3) is 0 Å². The van der Waals surface area contributed by atoms with E-state index in [1.54, 1.807) is 3.59 Å². The van der Waals surface area contributed by atoms with Crippen molar-refractivity contribution in [1.82, 2.24) is 0 Å². The van der Waals surface area contributed by atoms with Crippen LogP contribution in [0.2, 0.25) is 14.8 Å². The quantitative estimate of drug-likeness (QED) is 0.677. The van der Waals surface area contributed by atoms with Crippen LogP contribution in [0.5, 0.6) is 0 Å². The van der Waals surface area contributed by atoms with Crippen LogP contribution < -0.4 is 0 Å². The van der Waals surface area contributed by atoms with Gasteiger partial charge in [0.25, 0.3) is 0 Å². The van der Waals surface area contributed by atoms with Crippen LogP contribution >= 0.6 is 0 Å². The normalized spacial score (nSPS) is 33.5. The number of carbonyl (C=O) groups is 1. The van der Waals surface area contributed by atoms with Crippen molar-refractivity contribution >= 4 is 24.2 Å². The van der Waals surface area contributed by atoms with Crippen LogP contribution in [0.3, 0.4) is 0 Å². The van der Waals surface area contributed by atoms with E-state index in [1.165, 1.54) is 6.42 Å². The maximum atomic E-state index is 11.2. The van der Waals surface area contributed by atoms with Gasteiger partial charge in [-0.2, -0.15) is 0 Å². The molecule has 2 unspecified atom stereocenters. The molecular formula is C11H18OSn. The van der Waals surface area contributed by atoms with E-state index in [-0.39, 0.29) is 0 Å². The molecule has 1 nitrogen and oxygen atoms in total. The van der Waals surface area contributed by atoms with E-state index in [0.29, 0.717) is 17.6 Å². The second-order valence-corrected chi connectivity index (χ2v) is 20.2. The number of hydrogen-bond acceptors (Lipinski definition) is 1. The van der Waals surface area contributed by atoms with Gasteiger partial charge in [0.15, 0.2) is 0 Å². The van der Waals surface area contributed by atoms with Gasteiger partial charge in [-0.25, -0.2) is 0 Å². The standard InChI is InChI=1S/C8H9O.3CH3.Sn/c9-8-4-6-2-1-3-7(6)5-8;;;;/h2,6-7H,3-5H2;3*1H3;. The average molecular weight is 285 g/mol. The maximum absolute atomic E-state index is 11.2. The van der Waals surface area contributed by atoms with Gasteiger partial charge in [-0.05, 0) is 0 Å². The zero-order valence-electron chi connectivity index (χ0n) is 8.76. The third-order valence-corrected chi connectivity index (χ3v) is 9.98. The molecule has 0 spiro atoms.